The summed E-state index contributed by atoms with van der Waals surface area (Å²) < 4.78 is 6.22. The summed E-state index contributed by atoms with van der Waals surface area (Å²) >= 11 is 2.03. The smallest absolute Gasteiger partial charge is 0.339 e. The third-order valence-electron chi connectivity index (χ3n) is 2.16. The van der Waals surface area contributed by atoms with Crippen LogP contribution in [0.3, 0.4) is 0 Å². The van der Waals surface area contributed by atoms with E-state index in [9.17, 15) is 9.90 Å². The fraction of sp³-hybridized carbons (Fsp3) is 0.364. The van der Waals surface area contributed by atoms with Crippen molar-refractivity contribution in [1.82, 2.24) is 0 Å². The van der Waals surface area contributed by atoms with E-state index in [1.54, 1.807) is 26.0 Å². The number of hydrogen-bond donors (Lipinski definition) is 2. The van der Waals surface area contributed by atoms with E-state index in [1.807, 2.05) is 22.6 Å². The summed E-state index contributed by atoms with van der Waals surface area (Å²) in [5, 5.41) is 18.3. The van der Waals surface area contributed by atoms with Gasteiger partial charge in [-0.25, -0.2) is 4.79 Å². The molecule has 0 aliphatic carbocycles. The Balaban J connectivity index is 2.99. The standard InChI is InChI=1S/C11H13IO4/c1-6(13)7(2)16-10-4-3-8(12)5-9(10)11(14)15/h3-7,13H,1-2H3,(H,14,15). The number of aromatic carboxylic acids is 1. The summed E-state index contributed by atoms with van der Waals surface area (Å²) in [5.74, 6) is -0.757. The minimum atomic E-state index is -1.04. The normalized spacial score (nSPS) is 14.2. The van der Waals surface area contributed by atoms with Gasteiger partial charge in [0.2, 0.25) is 0 Å². The van der Waals surface area contributed by atoms with Gasteiger partial charge in [-0.15, -0.1) is 0 Å². The van der Waals surface area contributed by atoms with Crippen molar-refractivity contribution >= 4 is 28.6 Å². The number of carbonyl (C=O) groups is 1. The van der Waals surface area contributed by atoms with Crippen LogP contribution in [0.5, 0.6) is 5.75 Å². The molecule has 16 heavy (non-hydrogen) atoms. The summed E-state index contributed by atoms with van der Waals surface area (Å²) in [4.78, 5) is 11.0. The highest BCUT2D eigenvalue weighted by Gasteiger charge is 2.16. The van der Waals surface area contributed by atoms with E-state index >= 15 is 0 Å². The fourth-order valence-corrected chi connectivity index (χ4v) is 1.56. The second-order valence-electron chi connectivity index (χ2n) is 3.51. The summed E-state index contributed by atoms with van der Waals surface area (Å²) in [6, 6.07) is 4.90. The minimum Gasteiger partial charge on any atom is -0.487 e. The molecule has 0 radical (unpaired) electrons. The van der Waals surface area contributed by atoms with Crippen molar-refractivity contribution in [3.63, 3.8) is 0 Å². The number of carboxylic acids is 1. The lowest BCUT2D eigenvalue weighted by atomic mass is 10.2. The third-order valence-corrected chi connectivity index (χ3v) is 2.84. The van der Waals surface area contributed by atoms with E-state index < -0.39 is 18.2 Å². The van der Waals surface area contributed by atoms with Crippen molar-refractivity contribution in [3.05, 3.63) is 27.3 Å². The van der Waals surface area contributed by atoms with Crippen molar-refractivity contribution in [2.24, 2.45) is 0 Å². The lowest BCUT2D eigenvalue weighted by molar-refractivity contribution is 0.0560. The van der Waals surface area contributed by atoms with Crippen LogP contribution in [0.1, 0.15) is 24.2 Å². The predicted octanol–water partition coefficient (Wildman–Crippen LogP) is 2.14. The van der Waals surface area contributed by atoms with Gasteiger partial charge in [-0.1, -0.05) is 0 Å². The number of rotatable bonds is 4. The molecule has 0 saturated carbocycles. The molecule has 1 aromatic rings. The van der Waals surface area contributed by atoms with Crippen LogP contribution in [-0.4, -0.2) is 28.4 Å². The molecule has 4 nitrogen and oxygen atoms in total. The highest BCUT2D eigenvalue weighted by molar-refractivity contribution is 14.1. The van der Waals surface area contributed by atoms with Gasteiger partial charge in [0, 0.05) is 3.57 Å². The van der Waals surface area contributed by atoms with Gasteiger partial charge in [0.1, 0.15) is 17.4 Å². The second-order valence-corrected chi connectivity index (χ2v) is 4.75. The van der Waals surface area contributed by atoms with Gasteiger partial charge in [0.15, 0.2) is 0 Å². The number of halogens is 1. The molecule has 2 N–H and O–H groups in total. The van der Waals surface area contributed by atoms with Crippen LogP contribution < -0.4 is 4.74 Å². The Hall–Kier alpha value is -0.820. The average molecular weight is 336 g/mol. The third kappa shape index (κ3) is 3.34. The molecule has 1 aromatic carbocycles. The first-order chi connectivity index (χ1) is 7.41. The molecular formula is C11H13IO4. The van der Waals surface area contributed by atoms with E-state index in [4.69, 9.17) is 9.84 Å². The topological polar surface area (TPSA) is 66.8 Å². The minimum absolute atomic E-state index is 0.111. The van der Waals surface area contributed by atoms with Gasteiger partial charge in [-0.2, -0.15) is 0 Å². The molecule has 88 valence electrons. The predicted molar refractivity (Wildman–Crippen MR) is 67.9 cm³/mol. The van der Waals surface area contributed by atoms with E-state index in [-0.39, 0.29) is 11.3 Å². The van der Waals surface area contributed by atoms with Crippen LogP contribution in [-0.2, 0) is 0 Å². The fourth-order valence-electron chi connectivity index (χ4n) is 1.07. The Morgan fingerprint density at radius 1 is 1.44 bits per heavy atom. The Labute approximate surface area is 107 Å². The molecule has 0 saturated heterocycles. The number of benzene rings is 1. The van der Waals surface area contributed by atoms with Gasteiger partial charge >= 0.3 is 5.97 Å². The molecule has 0 bridgehead atoms. The Bertz CT molecular complexity index is 390. The first kappa shape index (κ1) is 13.2. The van der Waals surface area contributed by atoms with Crippen molar-refractivity contribution in [1.29, 1.82) is 0 Å². The van der Waals surface area contributed by atoms with Crippen molar-refractivity contribution in [2.75, 3.05) is 0 Å². The van der Waals surface area contributed by atoms with Gasteiger partial charge in [0.25, 0.3) is 0 Å². The highest BCUT2D eigenvalue weighted by atomic mass is 127. The summed E-state index contributed by atoms with van der Waals surface area (Å²) in [6.07, 6.45) is -1.10. The van der Waals surface area contributed by atoms with Crippen molar-refractivity contribution in [2.45, 2.75) is 26.1 Å². The molecule has 0 aromatic heterocycles. The monoisotopic (exact) mass is 336 g/mol. The molecule has 0 amide bonds. The average Bonchev–Trinajstić information content (AvgIpc) is 2.20. The molecule has 0 fully saturated rings. The molecule has 2 atom stereocenters. The zero-order valence-electron chi connectivity index (χ0n) is 8.98. The van der Waals surface area contributed by atoms with E-state index in [1.165, 1.54) is 6.07 Å². The molecule has 0 spiro atoms. The Morgan fingerprint density at radius 2 is 2.06 bits per heavy atom. The molecule has 1 rings (SSSR count). The van der Waals surface area contributed by atoms with Crippen molar-refractivity contribution < 1.29 is 19.7 Å². The Morgan fingerprint density at radius 3 is 2.56 bits per heavy atom. The summed E-state index contributed by atoms with van der Waals surface area (Å²) in [5.41, 5.74) is 0.111. The number of aliphatic hydroxyl groups excluding tert-OH is 1. The van der Waals surface area contributed by atoms with Crippen LogP contribution in [0.15, 0.2) is 18.2 Å². The van der Waals surface area contributed by atoms with Crippen molar-refractivity contribution in [3.8, 4) is 5.75 Å². The van der Waals surface area contributed by atoms with Gasteiger partial charge < -0.3 is 14.9 Å². The SMILES string of the molecule is CC(O)C(C)Oc1ccc(I)cc1C(=O)O. The zero-order chi connectivity index (χ0) is 12.3. The first-order valence-corrected chi connectivity index (χ1v) is 5.87. The van der Waals surface area contributed by atoms with Crippen LogP contribution in [0, 0.1) is 3.57 Å². The lowest BCUT2D eigenvalue weighted by Gasteiger charge is -2.18. The number of hydrogen-bond acceptors (Lipinski definition) is 3. The van der Waals surface area contributed by atoms with Crippen LogP contribution >= 0.6 is 22.6 Å². The zero-order valence-corrected chi connectivity index (χ0v) is 11.1. The molecule has 5 heteroatoms. The van der Waals surface area contributed by atoms with Gasteiger partial charge in [-0.05, 0) is 54.6 Å². The number of aliphatic hydroxyl groups is 1. The molecule has 2 unspecified atom stereocenters. The highest BCUT2D eigenvalue weighted by Crippen LogP contribution is 2.23. The maximum atomic E-state index is 11.0. The lowest BCUT2D eigenvalue weighted by Crippen LogP contribution is -2.26. The van der Waals surface area contributed by atoms with Crippen LogP contribution in [0.4, 0.5) is 0 Å². The molecule has 0 heterocycles. The van der Waals surface area contributed by atoms with E-state index in [0.717, 1.165) is 3.57 Å². The number of carboxylic acid groups (broad SMARTS) is 1. The second kappa shape index (κ2) is 5.49. The van der Waals surface area contributed by atoms with Gasteiger partial charge in [-0.3, -0.25) is 0 Å². The molecule has 0 aliphatic rings. The van der Waals surface area contributed by atoms with Crippen LogP contribution in [0.25, 0.3) is 0 Å². The maximum absolute atomic E-state index is 11.0. The first-order valence-electron chi connectivity index (χ1n) is 4.79. The van der Waals surface area contributed by atoms with Crippen LogP contribution in [0.2, 0.25) is 0 Å². The quantitative estimate of drug-likeness (QED) is 0.827. The molecular weight excluding hydrogens is 323 g/mol. The van der Waals surface area contributed by atoms with E-state index in [0.29, 0.717) is 0 Å². The Kier molecular flexibility index (Phi) is 4.55. The largest absolute Gasteiger partial charge is 0.487 e. The summed E-state index contributed by atoms with van der Waals surface area (Å²) in [6.45, 7) is 3.28. The maximum Gasteiger partial charge on any atom is 0.339 e. The van der Waals surface area contributed by atoms with Gasteiger partial charge in [0.05, 0.1) is 6.10 Å². The van der Waals surface area contributed by atoms with E-state index in [2.05, 4.69) is 0 Å². The molecule has 0 aliphatic heterocycles. The number of ether oxygens (including phenoxy) is 1. The summed E-state index contributed by atoms with van der Waals surface area (Å²) in [7, 11) is 0.